The van der Waals surface area contributed by atoms with Gasteiger partial charge in [0.15, 0.2) is 11.5 Å². The van der Waals surface area contributed by atoms with E-state index in [9.17, 15) is 5.26 Å². The molecule has 2 aromatic carbocycles. The Morgan fingerprint density at radius 2 is 1.79 bits per heavy atom. The van der Waals surface area contributed by atoms with Crippen molar-refractivity contribution < 1.29 is 14.2 Å². The third-order valence-corrected chi connectivity index (χ3v) is 6.70. The van der Waals surface area contributed by atoms with E-state index < -0.39 is 0 Å². The molecule has 0 spiro atoms. The van der Waals surface area contributed by atoms with Crippen LogP contribution in [0.3, 0.4) is 0 Å². The maximum absolute atomic E-state index is 9.73. The highest BCUT2D eigenvalue weighted by atomic mass is 35.5. The molecular weight excluding hydrogens is 475 g/mol. The summed E-state index contributed by atoms with van der Waals surface area (Å²) in [5.74, 6) is 2.17. The second-order valence-electron chi connectivity index (χ2n) is 8.33. The zero-order valence-electron chi connectivity index (χ0n) is 19.3. The molecule has 0 bridgehead atoms. The van der Waals surface area contributed by atoms with Gasteiger partial charge in [-0.1, -0.05) is 23.2 Å². The molecular formula is C25H26Cl2N4O3. The Balaban J connectivity index is 1.69. The highest BCUT2D eigenvalue weighted by Crippen LogP contribution is 2.40. The summed E-state index contributed by atoms with van der Waals surface area (Å²) < 4.78 is 17.1. The third kappa shape index (κ3) is 5.10. The van der Waals surface area contributed by atoms with Crippen molar-refractivity contribution >= 4 is 45.5 Å². The molecule has 1 aliphatic heterocycles. The summed E-state index contributed by atoms with van der Waals surface area (Å²) in [6, 6.07) is 9.15. The fraction of sp³-hybridized carbons (Fsp3) is 0.360. The molecule has 0 atom stereocenters. The molecule has 9 heteroatoms. The molecule has 4 rings (SSSR count). The quantitative estimate of drug-likeness (QED) is 0.432. The van der Waals surface area contributed by atoms with E-state index in [2.05, 4.69) is 28.3 Å². The van der Waals surface area contributed by atoms with E-state index in [1.165, 1.54) is 13.3 Å². The smallest absolute Gasteiger partial charge is 0.163 e. The first-order valence-corrected chi connectivity index (χ1v) is 11.7. The maximum atomic E-state index is 9.73. The molecule has 1 fully saturated rings. The summed E-state index contributed by atoms with van der Waals surface area (Å²) in [5, 5.41) is 14.5. The first-order chi connectivity index (χ1) is 16.4. The Morgan fingerprint density at radius 3 is 2.47 bits per heavy atom. The van der Waals surface area contributed by atoms with Crippen molar-refractivity contribution in [2.24, 2.45) is 5.92 Å². The van der Waals surface area contributed by atoms with E-state index in [0.29, 0.717) is 67.7 Å². The van der Waals surface area contributed by atoms with Gasteiger partial charge in [-0.25, -0.2) is 0 Å². The van der Waals surface area contributed by atoms with E-state index in [-0.39, 0.29) is 0 Å². The number of aromatic nitrogens is 1. The number of fused-ring (bicyclic) bond motifs is 1. The van der Waals surface area contributed by atoms with Crippen LogP contribution in [-0.2, 0) is 0 Å². The van der Waals surface area contributed by atoms with Crippen molar-refractivity contribution in [2.75, 3.05) is 46.3 Å². The number of nitrogens with one attached hydrogen (secondary N) is 1. The van der Waals surface area contributed by atoms with Crippen LogP contribution < -0.4 is 19.5 Å². The van der Waals surface area contributed by atoms with Crippen molar-refractivity contribution in [1.29, 1.82) is 5.26 Å². The number of pyridine rings is 1. The number of ether oxygens (including phenoxy) is 3. The minimum Gasteiger partial charge on any atom is -0.495 e. The van der Waals surface area contributed by atoms with Gasteiger partial charge in [0.25, 0.3) is 0 Å². The van der Waals surface area contributed by atoms with Crippen LogP contribution in [0.25, 0.3) is 10.9 Å². The van der Waals surface area contributed by atoms with Crippen LogP contribution in [-0.4, -0.2) is 50.8 Å². The molecule has 0 saturated carbocycles. The largest absolute Gasteiger partial charge is 0.495 e. The second-order valence-corrected chi connectivity index (χ2v) is 9.14. The predicted octanol–water partition coefficient (Wildman–Crippen LogP) is 5.89. The Bertz CT molecular complexity index is 1240. The summed E-state index contributed by atoms with van der Waals surface area (Å²) in [4.78, 5) is 6.82. The van der Waals surface area contributed by atoms with Gasteiger partial charge >= 0.3 is 0 Å². The van der Waals surface area contributed by atoms with Gasteiger partial charge in [-0.05, 0) is 51.0 Å². The van der Waals surface area contributed by atoms with Crippen LogP contribution in [0.5, 0.6) is 17.2 Å². The number of anilines is 2. The molecule has 1 saturated heterocycles. The number of nitriles is 1. The maximum Gasteiger partial charge on any atom is 0.163 e. The van der Waals surface area contributed by atoms with Crippen LogP contribution >= 0.6 is 23.2 Å². The second kappa shape index (κ2) is 10.6. The number of nitrogens with zero attached hydrogens (tertiary/aromatic N) is 3. The molecule has 0 unspecified atom stereocenters. The minimum absolute atomic E-state index is 0.361. The zero-order chi connectivity index (χ0) is 24.2. The lowest BCUT2D eigenvalue weighted by atomic mass is 9.98. The minimum atomic E-state index is 0.361. The Morgan fingerprint density at radius 1 is 1.06 bits per heavy atom. The van der Waals surface area contributed by atoms with Crippen LogP contribution in [0.2, 0.25) is 10.0 Å². The number of methoxy groups -OCH3 is 2. The predicted molar refractivity (Wildman–Crippen MR) is 135 cm³/mol. The average Bonchev–Trinajstić information content (AvgIpc) is 2.84. The molecule has 1 N–H and O–H groups in total. The van der Waals surface area contributed by atoms with Crippen molar-refractivity contribution in [3.63, 3.8) is 0 Å². The molecule has 0 radical (unpaired) electrons. The summed E-state index contributed by atoms with van der Waals surface area (Å²) in [7, 11) is 5.27. The van der Waals surface area contributed by atoms with E-state index >= 15 is 0 Å². The molecule has 1 aromatic heterocycles. The van der Waals surface area contributed by atoms with Gasteiger partial charge < -0.3 is 24.4 Å². The highest BCUT2D eigenvalue weighted by Gasteiger charge is 2.20. The summed E-state index contributed by atoms with van der Waals surface area (Å²) in [6.45, 7) is 2.78. The first kappa shape index (κ1) is 24.2. The van der Waals surface area contributed by atoms with Gasteiger partial charge in [0, 0.05) is 23.7 Å². The Kier molecular flexibility index (Phi) is 7.52. The van der Waals surface area contributed by atoms with Gasteiger partial charge in [0.2, 0.25) is 0 Å². The lowest BCUT2D eigenvalue weighted by Crippen LogP contribution is -2.32. The number of hydrogen-bond acceptors (Lipinski definition) is 7. The number of hydrogen-bond donors (Lipinski definition) is 1. The molecule has 7 nitrogen and oxygen atoms in total. The molecule has 34 heavy (non-hydrogen) atoms. The van der Waals surface area contributed by atoms with Crippen LogP contribution in [0, 0.1) is 17.2 Å². The van der Waals surface area contributed by atoms with E-state index in [0.717, 1.165) is 25.9 Å². The van der Waals surface area contributed by atoms with E-state index in [1.807, 2.05) is 12.1 Å². The molecule has 178 valence electrons. The van der Waals surface area contributed by atoms with Crippen molar-refractivity contribution in [2.45, 2.75) is 12.8 Å². The number of likely N-dealkylation sites (tertiary alicyclic amines) is 1. The lowest BCUT2D eigenvalue weighted by molar-refractivity contribution is 0.157. The fourth-order valence-electron chi connectivity index (χ4n) is 4.04. The van der Waals surface area contributed by atoms with Gasteiger partial charge in [-0.15, -0.1) is 0 Å². The first-order valence-electron chi connectivity index (χ1n) is 11.0. The Labute approximate surface area is 209 Å². The van der Waals surface area contributed by atoms with Crippen LogP contribution in [0.15, 0.2) is 30.5 Å². The van der Waals surface area contributed by atoms with Crippen molar-refractivity contribution in [3.8, 4) is 23.3 Å². The normalized spacial score (nSPS) is 14.6. The number of halogens is 2. The third-order valence-electron chi connectivity index (χ3n) is 6.09. The molecule has 1 aliphatic rings. The lowest BCUT2D eigenvalue weighted by Gasteiger charge is -2.28. The fourth-order valence-corrected chi connectivity index (χ4v) is 4.55. The highest BCUT2D eigenvalue weighted by molar-refractivity contribution is 6.37. The number of benzene rings is 2. The van der Waals surface area contributed by atoms with Gasteiger partial charge in [0.1, 0.15) is 11.8 Å². The van der Waals surface area contributed by atoms with Crippen molar-refractivity contribution in [1.82, 2.24) is 9.88 Å². The SMILES string of the molecule is COc1cc(Nc2c(C#N)cnc3cc(OCC4CCN(C)CC4)c(OC)cc23)c(Cl)cc1Cl. The summed E-state index contributed by atoms with van der Waals surface area (Å²) >= 11 is 12.6. The number of rotatable bonds is 7. The monoisotopic (exact) mass is 500 g/mol. The molecule has 3 aromatic rings. The van der Waals surface area contributed by atoms with E-state index in [4.69, 9.17) is 37.4 Å². The molecule has 2 heterocycles. The van der Waals surface area contributed by atoms with E-state index in [1.54, 1.807) is 19.2 Å². The molecule has 0 amide bonds. The molecule has 0 aliphatic carbocycles. The number of piperidine rings is 1. The summed E-state index contributed by atoms with van der Waals surface area (Å²) in [5.41, 5.74) is 2.13. The van der Waals surface area contributed by atoms with Gasteiger partial charge in [-0.2, -0.15) is 5.26 Å². The average molecular weight is 501 g/mol. The van der Waals surface area contributed by atoms with Gasteiger partial charge in [-0.3, -0.25) is 4.98 Å². The van der Waals surface area contributed by atoms with Crippen molar-refractivity contribution in [3.05, 3.63) is 46.1 Å². The topological polar surface area (TPSA) is 79.6 Å². The van der Waals surface area contributed by atoms with Gasteiger partial charge in [0.05, 0.1) is 53.3 Å². The van der Waals surface area contributed by atoms with Crippen LogP contribution in [0.1, 0.15) is 18.4 Å². The zero-order valence-corrected chi connectivity index (χ0v) is 20.8. The van der Waals surface area contributed by atoms with Crippen LogP contribution in [0.4, 0.5) is 11.4 Å². The standard InChI is InChI=1S/C25H26Cl2N4O3/c1-31-6-4-15(5-7-31)14-34-24-10-20-17(8-23(24)33-3)25(16(12-28)13-29-20)30-21-11-22(32-2)19(27)9-18(21)26/h8-11,13,15H,4-7,14H2,1-3H3,(H,29,30). The summed E-state index contributed by atoms with van der Waals surface area (Å²) in [6.07, 6.45) is 3.74. The Hall–Kier alpha value is -2.92.